The smallest absolute Gasteiger partial charge is 0.191 e. The lowest BCUT2D eigenvalue weighted by molar-refractivity contribution is 0.184. The molecule has 2 heterocycles. The molecule has 6 heteroatoms. The number of hydrogen-bond acceptors (Lipinski definition) is 4. The fourth-order valence-electron chi connectivity index (χ4n) is 2.45. The third kappa shape index (κ3) is 4.78. The number of rotatable bonds is 6. The Hall–Kier alpha value is -2.44. The van der Waals surface area contributed by atoms with Crippen LogP contribution in [-0.4, -0.2) is 29.1 Å². The quantitative estimate of drug-likeness (QED) is 0.470. The highest BCUT2D eigenvalue weighted by molar-refractivity contribution is 7.19. The summed E-state index contributed by atoms with van der Waals surface area (Å²) in [6, 6.07) is 16.0. The molecule has 0 fully saturated rings. The van der Waals surface area contributed by atoms with E-state index in [4.69, 9.17) is 0 Å². The van der Waals surface area contributed by atoms with Gasteiger partial charge in [0, 0.05) is 28.9 Å². The number of aliphatic imine (C=N–C) groups is 1. The fourth-order valence-corrected chi connectivity index (χ4v) is 3.50. The van der Waals surface area contributed by atoms with E-state index in [-0.39, 0.29) is 0 Å². The van der Waals surface area contributed by atoms with Gasteiger partial charge in [-0.3, -0.25) is 4.98 Å². The second-order valence-corrected chi connectivity index (χ2v) is 6.71. The van der Waals surface area contributed by atoms with Gasteiger partial charge in [0.2, 0.25) is 0 Å². The van der Waals surface area contributed by atoms with Crippen LogP contribution in [0.1, 0.15) is 23.6 Å². The van der Waals surface area contributed by atoms with Gasteiger partial charge in [0.05, 0.1) is 12.2 Å². The van der Waals surface area contributed by atoms with Crippen LogP contribution in [-0.2, 0) is 6.54 Å². The van der Waals surface area contributed by atoms with Gasteiger partial charge < -0.3 is 15.7 Å². The zero-order valence-electron chi connectivity index (χ0n) is 14.1. The van der Waals surface area contributed by atoms with Crippen molar-refractivity contribution >= 4 is 27.4 Å². The van der Waals surface area contributed by atoms with Gasteiger partial charge in [0.1, 0.15) is 6.10 Å². The molecular weight excluding hydrogens is 332 g/mol. The van der Waals surface area contributed by atoms with Gasteiger partial charge in [-0.2, -0.15) is 0 Å². The average molecular weight is 354 g/mol. The van der Waals surface area contributed by atoms with Crippen LogP contribution >= 0.6 is 11.3 Å². The molecule has 0 saturated carbocycles. The topological polar surface area (TPSA) is 69.5 Å². The van der Waals surface area contributed by atoms with Crippen molar-refractivity contribution in [3.05, 3.63) is 65.3 Å². The van der Waals surface area contributed by atoms with E-state index < -0.39 is 6.10 Å². The fraction of sp³-hybridized carbons (Fsp3) is 0.263. The summed E-state index contributed by atoms with van der Waals surface area (Å²) in [5.74, 6) is 0.674. The molecule has 130 valence electrons. The predicted octanol–water partition coefficient (Wildman–Crippen LogP) is 3.09. The second kappa shape index (κ2) is 8.60. The third-order valence-electron chi connectivity index (χ3n) is 3.71. The van der Waals surface area contributed by atoms with E-state index in [0.717, 1.165) is 22.5 Å². The molecule has 0 saturated heterocycles. The summed E-state index contributed by atoms with van der Waals surface area (Å²) in [5.41, 5.74) is 0.907. The van der Waals surface area contributed by atoms with Crippen LogP contribution in [0.4, 0.5) is 0 Å². The van der Waals surface area contributed by atoms with E-state index in [0.29, 0.717) is 19.0 Å². The van der Waals surface area contributed by atoms with Gasteiger partial charge in [-0.15, -0.1) is 11.3 Å². The first kappa shape index (κ1) is 17.4. The second-order valence-electron chi connectivity index (χ2n) is 5.60. The van der Waals surface area contributed by atoms with Crippen LogP contribution in [0.25, 0.3) is 10.1 Å². The van der Waals surface area contributed by atoms with Gasteiger partial charge in [0.25, 0.3) is 0 Å². The van der Waals surface area contributed by atoms with Crippen LogP contribution in [0.5, 0.6) is 0 Å². The number of nitrogens with one attached hydrogen (secondary N) is 2. The number of guanidine groups is 1. The number of pyridine rings is 1. The first-order chi connectivity index (χ1) is 12.3. The first-order valence-electron chi connectivity index (χ1n) is 8.35. The highest BCUT2D eigenvalue weighted by Gasteiger charge is 2.12. The van der Waals surface area contributed by atoms with Crippen molar-refractivity contribution in [2.24, 2.45) is 4.99 Å². The SMILES string of the molecule is CCNC(=NCc1ccccn1)NCC(O)c1cc2ccccc2s1. The number of nitrogens with zero attached hydrogens (tertiary/aromatic N) is 2. The summed E-state index contributed by atoms with van der Waals surface area (Å²) in [6.07, 6.45) is 1.19. The van der Waals surface area contributed by atoms with Crippen LogP contribution in [0.3, 0.4) is 0 Å². The minimum absolute atomic E-state index is 0.404. The van der Waals surface area contributed by atoms with Crippen molar-refractivity contribution in [1.29, 1.82) is 0 Å². The van der Waals surface area contributed by atoms with E-state index in [2.05, 4.69) is 32.7 Å². The monoisotopic (exact) mass is 354 g/mol. The molecule has 5 nitrogen and oxygen atoms in total. The number of hydrogen-bond donors (Lipinski definition) is 3. The van der Waals surface area contributed by atoms with E-state index in [1.165, 1.54) is 4.70 Å². The maximum Gasteiger partial charge on any atom is 0.191 e. The van der Waals surface area contributed by atoms with E-state index in [1.54, 1.807) is 17.5 Å². The molecule has 25 heavy (non-hydrogen) atoms. The Morgan fingerprint density at radius 3 is 2.80 bits per heavy atom. The Labute approximate surface area is 151 Å². The number of aliphatic hydroxyl groups is 1. The van der Waals surface area contributed by atoms with E-state index >= 15 is 0 Å². The minimum atomic E-state index is -0.573. The van der Waals surface area contributed by atoms with Crippen molar-refractivity contribution in [2.75, 3.05) is 13.1 Å². The van der Waals surface area contributed by atoms with Crippen LogP contribution < -0.4 is 10.6 Å². The number of fused-ring (bicyclic) bond motifs is 1. The molecule has 1 unspecified atom stereocenters. The van der Waals surface area contributed by atoms with Gasteiger partial charge in [0.15, 0.2) is 5.96 Å². The summed E-state index contributed by atoms with van der Waals surface area (Å²) < 4.78 is 1.19. The normalized spacial score (nSPS) is 13.0. The number of aromatic nitrogens is 1. The lowest BCUT2D eigenvalue weighted by Gasteiger charge is -2.14. The van der Waals surface area contributed by atoms with E-state index in [9.17, 15) is 5.11 Å². The molecule has 0 amide bonds. The summed E-state index contributed by atoms with van der Waals surface area (Å²) in [7, 11) is 0. The molecular formula is C19H22N4OS. The predicted molar refractivity (Wildman–Crippen MR) is 104 cm³/mol. The van der Waals surface area contributed by atoms with Crippen LogP contribution in [0, 0.1) is 0 Å². The Morgan fingerprint density at radius 2 is 2.04 bits per heavy atom. The molecule has 0 bridgehead atoms. The van der Waals surface area contributed by atoms with Crippen molar-refractivity contribution in [3.63, 3.8) is 0 Å². The molecule has 0 aliphatic rings. The van der Waals surface area contributed by atoms with Gasteiger partial charge >= 0.3 is 0 Å². The largest absolute Gasteiger partial charge is 0.386 e. The molecule has 0 aliphatic heterocycles. The zero-order valence-corrected chi connectivity index (χ0v) is 15.0. The zero-order chi connectivity index (χ0) is 17.5. The molecule has 3 N–H and O–H groups in total. The number of thiophene rings is 1. The molecule has 3 rings (SSSR count). The Bertz CT molecular complexity index is 799. The van der Waals surface area contributed by atoms with Gasteiger partial charge in [-0.25, -0.2) is 4.99 Å². The summed E-state index contributed by atoms with van der Waals surface area (Å²) in [5, 5.41) is 18.0. The van der Waals surface area contributed by atoms with Crippen molar-refractivity contribution in [2.45, 2.75) is 19.6 Å². The summed E-state index contributed by atoms with van der Waals surface area (Å²) in [4.78, 5) is 9.74. The summed E-state index contributed by atoms with van der Waals surface area (Å²) in [6.45, 7) is 3.67. The summed E-state index contributed by atoms with van der Waals surface area (Å²) >= 11 is 1.62. The van der Waals surface area contributed by atoms with Crippen molar-refractivity contribution < 1.29 is 5.11 Å². The van der Waals surface area contributed by atoms with Gasteiger partial charge in [-0.05, 0) is 36.6 Å². The first-order valence-corrected chi connectivity index (χ1v) is 9.16. The Morgan fingerprint density at radius 1 is 1.20 bits per heavy atom. The number of aliphatic hydroxyl groups excluding tert-OH is 1. The highest BCUT2D eigenvalue weighted by atomic mass is 32.1. The van der Waals surface area contributed by atoms with E-state index in [1.807, 2.05) is 43.3 Å². The molecule has 0 aliphatic carbocycles. The molecule has 0 radical (unpaired) electrons. The maximum atomic E-state index is 10.5. The lowest BCUT2D eigenvalue weighted by Crippen LogP contribution is -2.39. The molecule has 3 aromatic rings. The molecule has 0 spiro atoms. The average Bonchev–Trinajstić information content (AvgIpc) is 3.09. The molecule has 1 atom stereocenters. The van der Waals surface area contributed by atoms with Crippen molar-refractivity contribution in [3.8, 4) is 0 Å². The van der Waals surface area contributed by atoms with Crippen LogP contribution in [0.15, 0.2) is 59.7 Å². The number of benzene rings is 1. The minimum Gasteiger partial charge on any atom is -0.386 e. The third-order valence-corrected chi connectivity index (χ3v) is 4.92. The maximum absolute atomic E-state index is 10.5. The lowest BCUT2D eigenvalue weighted by atomic mass is 10.2. The van der Waals surface area contributed by atoms with Crippen molar-refractivity contribution in [1.82, 2.24) is 15.6 Å². The Kier molecular flexibility index (Phi) is 5.98. The van der Waals surface area contributed by atoms with Gasteiger partial charge in [-0.1, -0.05) is 24.3 Å². The Balaban J connectivity index is 1.62. The van der Waals surface area contributed by atoms with Crippen LogP contribution in [0.2, 0.25) is 0 Å². The molecule has 2 aromatic heterocycles. The molecule has 1 aromatic carbocycles. The standard InChI is InChI=1S/C19H22N4OS/c1-2-20-19(22-12-15-8-5-6-10-21-15)23-13-16(24)18-11-14-7-3-4-9-17(14)25-18/h3-11,16,24H,2,12-13H2,1H3,(H2,20,22,23). The highest BCUT2D eigenvalue weighted by Crippen LogP contribution is 2.29.